The van der Waals surface area contributed by atoms with Crippen LogP contribution in [0.15, 0.2) is 112 Å². The molecule has 43 heavy (non-hydrogen) atoms. The lowest BCUT2D eigenvalue weighted by molar-refractivity contribution is -0.117. The van der Waals surface area contributed by atoms with Crippen LogP contribution in [-0.4, -0.2) is 45.2 Å². The molecule has 9 nitrogen and oxygen atoms in total. The van der Waals surface area contributed by atoms with Crippen LogP contribution >= 0.6 is 15.9 Å². The van der Waals surface area contributed by atoms with Gasteiger partial charge in [0.1, 0.15) is 5.70 Å². The van der Waals surface area contributed by atoms with Crippen molar-refractivity contribution in [1.29, 1.82) is 0 Å². The molecule has 2 N–H and O–H groups in total. The summed E-state index contributed by atoms with van der Waals surface area (Å²) in [6.07, 6.45) is 2.98. The highest BCUT2D eigenvalue weighted by Crippen LogP contribution is 2.29. The maximum atomic E-state index is 13.1. The standard InChI is InChI=1S/C33H29BrN4O5/c1-38(2)25-16-13-22(14-17-25)19-28(36-31(39)24-9-5-4-6-10-24)32(40)37-35-21-23-15-18-29(30(20-23)42-3)43-33(41)26-11-7-8-12-27(26)34/h4-21H,1-3H3,(H,36,39)(H,37,40)/b28-19+,35-21-. The molecule has 0 aliphatic rings. The van der Waals surface area contributed by atoms with E-state index >= 15 is 0 Å². The molecule has 0 spiro atoms. The third kappa shape index (κ3) is 8.40. The van der Waals surface area contributed by atoms with Gasteiger partial charge in [0.25, 0.3) is 11.8 Å². The van der Waals surface area contributed by atoms with Gasteiger partial charge >= 0.3 is 5.97 Å². The van der Waals surface area contributed by atoms with Gasteiger partial charge < -0.3 is 19.7 Å². The molecule has 0 fully saturated rings. The highest BCUT2D eigenvalue weighted by molar-refractivity contribution is 9.10. The number of benzene rings is 4. The Morgan fingerprint density at radius 1 is 0.837 bits per heavy atom. The number of hydrogen-bond donors (Lipinski definition) is 2. The van der Waals surface area contributed by atoms with Crippen molar-refractivity contribution in [2.45, 2.75) is 0 Å². The zero-order valence-electron chi connectivity index (χ0n) is 23.7. The van der Waals surface area contributed by atoms with E-state index in [0.717, 1.165) is 5.69 Å². The monoisotopic (exact) mass is 640 g/mol. The number of esters is 1. The van der Waals surface area contributed by atoms with Crippen LogP contribution in [0.25, 0.3) is 6.08 Å². The first-order valence-electron chi connectivity index (χ1n) is 13.1. The summed E-state index contributed by atoms with van der Waals surface area (Å²) in [7, 11) is 5.31. The summed E-state index contributed by atoms with van der Waals surface area (Å²) < 4.78 is 11.5. The van der Waals surface area contributed by atoms with E-state index in [2.05, 4.69) is 31.8 Å². The molecule has 218 valence electrons. The number of ether oxygens (including phenoxy) is 2. The van der Waals surface area contributed by atoms with Gasteiger partial charge in [-0.1, -0.05) is 42.5 Å². The highest BCUT2D eigenvalue weighted by Gasteiger charge is 2.16. The van der Waals surface area contributed by atoms with Gasteiger partial charge in [0, 0.05) is 29.8 Å². The minimum Gasteiger partial charge on any atom is -0.493 e. The Balaban J connectivity index is 1.49. The maximum absolute atomic E-state index is 13.1. The number of carbonyl (C=O) groups is 3. The average Bonchev–Trinajstić information content (AvgIpc) is 3.02. The molecule has 4 aromatic carbocycles. The molecule has 0 saturated heterocycles. The van der Waals surface area contributed by atoms with Crippen LogP contribution in [0.2, 0.25) is 0 Å². The third-order valence-electron chi connectivity index (χ3n) is 6.11. The first-order valence-corrected chi connectivity index (χ1v) is 13.9. The van der Waals surface area contributed by atoms with Gasteiger partial charge in [0.15, 0.2) is 11.5 Å². The fourth-order valence-corrected chi connectivity index (χ4v) is 4.28. The van der Waals surface area contributed by atoms with E-state index in [-0.39, 0.29) is 11.4 Å². The molecule has 2 amide bonds. The zero-order valence-corrected chi connectivity index (χ0v) is 25.3. The quantitative estimate of drug-likeness (QED) is 0.0761. The average molecular weight is 642 g/mol. The van der Waals surface area contributed by atoms with Crippen LogP contribution in [0.1, 0.15) is 31.8 Å². The number of anilines is 1. The molecular formula is C33H29BrN4O5. The second-order valence-corrected chi connectivity index (χ2v) is 10.2. The van der Waals surface area contributed by atoms with Crippen LogP contribution in [0, 0.1) is 0 Å². The first-order chi connectivity index (χ1) is 20.7. The van der Waals surface area contributed by atoms with Gasteiger partial charge in [-0.05, 0) is 87.7 Å². The van der Waals surface area contributed by atoms with E-state index in [1.165, 1.54) is 13.3 Å². The summed E-state index contributed by atoms with van der Waals surface area (Å²) in [6, 6.07) is 27.9. The Labute approximate surface area is 258 Å². The maximum Gasteiger partial charge on any atom is 0.344 e. The Morgan fingerprint density at radius 2 is 1.51 bits per heavy atom. The lowest BCUT2D eigenvalue weighted by atomic mass is 10.1. The van der Waals surface area contributed by atoms with E-state index in [0.29, 0.717) is 32.5 Å². The van der Waals surface area contributed by atoms with Crippen molar-refractivity contribution < 1.29 is 23.9 Å². The minimum atomic E-state index is -0.622. The number of amides is 2. The Bertz CT molecular complexity index is 1670. The largest absolute Gasteiger partial charge is 0.493 e. The summed E-state index contributed by atoms with van der Waals surface area (Å²) in [4.78, 5) is 40.6. The van der Waals surface area contributed by atoms with Crippen LogP contribution in [-0.2, 0) is 4.79 Å². The van der Waals surface area contributed by atoms with E-state index in [1.807, 2.05) is 43.3 Å². The molecule has 0 heterocycles. The van der Waals surface area contributed by atoms with E-state index in [4.69, 9.17) is 9.47 Å². The van der Waals surface area contributed by atoms with Gasteiger partial charge in [-0.3, -0.25) is 9.59 Å². The number of carbonyl (C=O) groups excluding carboxylic acids is 3. The lowest BCUT2D eigenvalue weighted by Gasteiger charge is -2.13. The van der Waals surface area contributed by atoms with Crippen molar-refractivity contribution in [1.82, 2.24) is 10.7 Å². The van der Waals surface area contributed by atoms with Crippen molar-refractivity contribution in [3.63, 3.8) is 0 Å². The van der Waals surface area contributed by atoms with Gasteiger partial charge in [-0.25, -0.2) is 10.2 Å². The van der Waals surface area contributed by atoms with Crippen molar-refractivity contribution in [2.24, 2.45) is 5.10 Å². The summed E-state index contributed by atoms with van der Waals surface area (Å²) in [6.45, 7) is 0. The number of nitrogens with zero attached hydrogens (tertiary/aromatic N) is 2. The predicted octanol–water partition coefficient (Wildman–Crippen LogP) is 5.66. The summed E-state index contributed by atoms with van der Waals surface area (Å²) in [5.41, 5.74) is 5.51. The van der Waals surface area contributed by atoms with Crippen molar-refractivity contribution in [3.05, 3.63) is 129 Å². The third-order valence-corrected chi connectivity index (χ3v) is 6.80. The molecule has 10 heteroatoms. The summed E-state index contributed by atoms with van der Waals surface area (Å²) in [5, 5.41) is 6.74. The van der Waals surface area contributed by atoms with Crippen LogP contribution in [0.5, 0.6) is 11.5 Å². The smallest absolute Gasteiger partial charge is 0.344 e. The molecule has 0 aromatic heterocycles. The van der Waals surface area contributed by atoms with Gasteiger partial charge in [-0.2, -0.15) is 5.10 Å². The molecule has 0 aliphatic heterocycles. The SMILES string of the molecule is COc1cc(/C=N\NC(=O)/C(=C\c2ccc(N(C)C)cc2)NC(=O)c2ccccc2)ccc1OC(=O)c1ccccc1Br. The number of rotatable bonds is 10. The zero-order chi connectivity index (χ0) is 30.8. The molecule has 0 atom stereocenters. The van der Waals surface area contributed by atoms with Crippen molar-refractivity contribution in [3.8, 4) is 11.5 Å². The second kappa shape index (κ2) is 14.6. The molecule has 0 unspecified atom stereocenters. The molecular weight excluding hydrogens is 612 g/mol. The minimum absolute atomic E-state index is 0.00974. The fraction of sp³-hybridized carbons (Fsp3) is 0.0909. The van der Waals surface area contributed by atoms with Crippen LogP contribution < -0.4 is 25.1 Å². The number of nitrogens with one attached hydrogen (secondary N) is 2. The molecule has 0 bridgehead atoms. The first kappa shape index (κ1) is 30.7. The Morgan fingerprint density at radius 3 is 2.19 bits per heavy atom. The molecule has 4 aromatic rings. The normalized spacial score (nSPS) is 11.1. The number of methoxy groups -OCH3 is 1. The van der Waals surface area contributed by atoms with Crippen LogP contribution in [0.4, 0.5) is 5.69 Å². The van der Waals surface area contributed by atoms with Gasteiger partial charge in [0.05, 0.1) is 18.9 Å². The van der Waals surface area contributed by atoms with Crippen LogP contribution in [0.3, 0.4) is 0 Å². The van der Waals surface area contributed by atoms with Gasteiger partial charge in [0.2, 0.25) is 0 Å². The van der Waals surface area contributed by atoms with Crippen molar-refractivity contribution in [2.75, 3.05) is 26.1 Å². The van der Waals surface area contributed by atoms with Crippen molar-refractivity contribution >= 4 is 51.7 Å². The summed E-state index contributed by atoms with van der Waals surface area (Å²) in [5.74, 6) is -1.09. The summed E-state index contributed by atoms with van der Waals surface area (Å²) >= 11 is 3.35. The lowest BCUT2D eigenvalue weighted by Crippen LogP contribution is -2.32. The highest BCUT2D eigenvalue weighted by atomic mass is 79.9. The topological polar surface area (TPSA) is 109 Å². The molecule has 0 aliphatic carbocycles. The van der Waals surface area contributed by atoms with E-state index in [9.17, 15) is 14.4 Å². The predicted molar refractivity (Wildman–Crippen MR) is 170 cm³/mol. The second-order valence-electron chi connectivity index (χ2n) is 9.34. The molecule has 0 saturated carbocycles. The molecule has 0 radical (unpaired) electrons. The number of hydrogen-bond acceptors (Lipinski definition) is 7. The molecule has 4 rings (SSSR count). The number of halogens is 1. The van der Waals surface area contributed by atoms with E-state index < -0.39 is 17.8 Å². The fourth-order valence-electron chi connectivity index (χ4n) is 3.83. The Kier molecular flexibility index (Phi) is 10.4. The van der Waals surface area contributed by atoms with E-state index in [1.54, 1.807) is 78.9 Å². The van der Waals surface area contributed by atoms with Gasteiger partial charge in [-0.15, -0.1) is 0 Å². The Hall–Kier alpha value is -5.22. The number of hydrazone groups is 1.